The first-order valence-electron chi connectivity index (χ1n) is 8.12. The predicted molar refractivity (Wildman–Crippen MR) is 92.3 cm³/mol. The molecule has 1 aromatic rings. The highest BCUT2D eigenvalue weighted by atomic mass is 32.2. The van der Waals surface area contributed by atoms with Crippen LogP contribution in [0.15, 0.2) is 29.2 Å². The Kier molecular flexibility index (Phi) is 5.70. The molecule has 2 rings (SSSR count). The van der Waals surface area contributed by atoms with E-state index in [0.717, 1.165) is 0 Å². The molecule has 1 amide bonds. The van der Waals surface area contributed by atoms with E-state index in [0.29, 0.717) is 31.5 Å². The molecule has 0 spiro atoms. The molecule has 0 radical (unpaired) electrons. The first-order chi connectivity index (χ1) is 11.6. The lowest BCUT2D eigenvalue weighted by Crippen LogP contribution is -2.47. The van der Waals surface area contributed by atoms with Crippen LogP contribution in [0.1, 0.15) is 39.2 Å². The maximum absolute atomic E-state index is 12.7. The lowest BCUT2D eigenvalue weighted by molar-refractivity contribution is 0.0489. The van der Waals surface area contributed by atoms with Crippen LogP contribution in [0, 0.1) is 11.3 Å². The van der Waals surface area contributed by atoms with Crippen molar-refractivity contribution in [2.24, 2.45) is 0 Å². The topological polar surface area (TPSA) is 99.5 Å². The van der Waals surface area contributed by atoms with Crippen molar-refractivity contribution in [3.05, 3.63) is 29.8 Å². The lowest BCUT2D eigenvalue weighted by Gasteiger charge is -2.32. The second kappa shape index (κ2) is 7.42. The highest BCUT2D eigenvalue weighted by Gasteiger charge is 2.30. The molecular formula is C17H23N3O4S. The van der Waals surface area contributed by atoms with Gasteiger partial charge in [0.05, 0.1) is 16.5 Å². The Morgan fingerprint density at radius 3 is 2.52 bits per heavy atom. The number of rotatable bonds is 3. The zero-order valence-corrected chi connectivity index (χ0v) is 15.5. The number of carbonyl (C=O) groups excluding carboxylic acids is 1. The van der Waals surface area contributed by atoms with Crippen molar-refractivity contribution < 1.29 is 17.9 Å². The summed E-state index contributed by atoms with van der Waals surface area (Å²) in [5.41, 5.74) is -0.262. The average molecular weight is 365 g/mol. The molecule has 8 heteroatoms. The van der Waals surface area contributed by atoms with E-state index < -0.39 is 21.7 Å². The van der Waals surface area contributed by atoms with Crippen molar-refractivity contribution in [3.8, 4) is 6.07 Å². The fourth-order valence-corrected chi connectivity index (χ4v) is 4.11. The summed E-state index contributed by atoms with van der Waals surface area (Å²) in [6.45, 7) is 5.98. The molecule has 0 saturated carbocycles. The maximum atomic E-state index is 12.7. The van der Waals surface area contributed by atoms with Gasteiger partial charge in [-0.2, -0.15) is 9.57 Å². The van der Waals surface area contributed by atoms with Gasteiger partial charge in [-0.25, -0.2) is 13.2 Å². The lowest BCUT2D eigenvalue weighted by atomic mass is 10.1. The summed E-state index contributed by atoms with van der Waals surface area (Å²) in [7, 11) is -3.64. The van der Waals surface area contributed by atoms with Crippen LogP contribution in [-0.4, -0.2) is 43.5 Å². The highest BCUT2D eigenvalue weighted by Crippen LogP contribution is 2.21. The Balaban J connectivity index is 1.97. The van der Waals surface area contributed by atoms with Gasteiger partial charge in [-0.3, -0.25) is 0 Å². The Hall–Kier alpha value is -2.11. The number of piperidine rings is 1. The van der Waals surface area contributed by atoms with Crippen LogP contribution in [0.2, 0.25) is 0 Å². The summed E-state index contributed by atoms with van der Waals surface area (Å²) in [5, 5.41) is 11.7. The molecule has 1 aliphatic heterocycles. The quantitative estimate of drug-likeness (QED) is 0.885. The molecule has 136 valence electrons. The van der Waals surface area contributed by atoms with Gasteiger partial charge in [0.25, 0.3) is 0 Å². The van der Waals surface area contributed by atoms with Gasteiger partial charge in [-0.05, 0) is 51.8 Å². The Morgan fingerprint density at radius 1 is 1.32 bits per heavy atom. The molecule has 1 fully saturated rings. The van der Waals surface area contributed by atoms with E-state index in [1.165, 1.54) is 16.4 Å². The molecular weight excluding hydrogens is 342 g/mol. The number of nitrogens with zero attached hydrogens (tertiary/aromatic N) is 2. The number of ether oxygens (including phenoxy) is 1. The van der Waals surface area contributed by atoms with Crippen molar-refractivity contribution in [1.29, 1.82) is 5.26 Å². The third kappa shape index (κ3) is 5.18. The first kappa shape index (κ1) is 19.2. The molecule has 0 atom stereocenters. The molecule has 1 saturated heterocycles. The Labute approximate surface area is 148 Å². The van der Waals surface area contributed by atoms with E-state index >= 15 is 0 Å². The normalized spacial score (nSPS) is 16.9. The van der Waals surface area contributed by atoms with E-state index in [-0.39, 0.29) is 10.9 Å². The van der Waals surface area contributed by atoms with Crippen molar-refractivity contribution in [2.75, 3.05) is 13.1 Å². The van der Waals surface area contributed by atoms with Gasteiger partial charge in [0.1, 0.15) is 5.60 Å². The summed E-state index contributed by atoms with van der Waals surface area (Å²) in [6.07, 6.45) is 0.530. The molecule has 7 nitrogen and oxygen atoms in total. The van der Waals surface area contributed by atoms with Crippen LogP contribution in [0.25, 0.3) is 0 Å². The predicted octanol–water partition coefficient (Wildman–Crippen LogP) is 2.24. The van der Waals surface area contributed by atoms with E-state index in [4.69, 9.17) is 10.00 Å². The molecule has 25 heavy (non-hydrogen) atoms. The van der Waals surface area contributed by atoms with Crippen molar-refractivity contribution in [3.63, 3.8) is 0 Å². The minimum absolute atomic E-state index is 0.116. The Morgan fingerprint density at radius 2 is 1.96 bits per heavy atom. The summed E-state index contributed by atoms with van der Waals surface area (Å²) in [4.78, 5) is 11.9. The van der Waals surface area contributed by atoms with Crippen molar-refractivity contribution >= 4 is 16.1 Å². The van der Waals surface area contributed by atoms with Gasteiger partial charge >= 0.3 is 6.09 Å². The summed E-state index contributed by atoms with van der Waals surface area (Å²) >= 11 is 0. The monoisotopic (exact) mass is 365 g/mol. The number of nitriles is 1. The summed E-state index contributed by atoms with van der Waals surface area (Å²) < 4.78 is 32.0. The van der Waals surface area contributed by atoms with E-state index in [1.54, 1.807) is 32.9 Å². The number of hydrogen-bond donors (Lipinski definition) is 1. The van der Waals surface area contributed by atoms with E-state index in [9.17, 15) is 13.2 Å². The molecule has 1 N–H and O–H groups in total. The summed E-state index contributed by atoms with van der Waals surface area (Å²) in [6, 6.07) is 7.81. The largest absolute Gasteiger partial charge is 0.444 e. The second-order valence-electron chi connectivity index (χ2n) is 6.96. The van der Waals surface area contributed by atoms with Crippen LogP contribution in [0.3, 0.4) is 0 Å². The minimum atomic E-state index is -3.64. The molecule has 0 aliphatic carbocycles. The maximum Gasteiger partial charge on any atom is 0.407 e. The average Bonchev–Trinajstić information content (AvgIpc) is 2.53. The molecule has 1 heterocycles. The van der Waals surface area contributed by atoms with Crippen molar-refractivity contribution in [2.45, 2.75) is 50.2 Å². The van der Waals surface area contributed by atoms with Crippen LogP contribution in [-0.2, 0) is 14.8 Å². The number of alkyl carbamates (subject to hydrolysis) is 1. The van der Waals surface area contributed by atoms with Crippen LogP contribution >= 0.6 is 0 Å². The van der Waals surface area contributed by atoms with Crippen LogP contribution < -0.4 is 5.32 Å². The fraction of sp³-hybridized carbons (Fsp3) is 0.529. The molecule has 1 aromatic carbocycles. The SMILES string of the molecule is CC(C)(C)OC(=O)NC1CCN(S(=O)(=O)c2cccc(C#N)c2)CC1. The number of carbonyl (C=O) groups is 1. The number of amides is 1. The van der Waals surface area contributed by atoms with Crippen LogP contribution in [0.4, 0.5) is 4.79 Å². The number of sulfonamides is 1. The van der Waals surface area contributed by atoms with Gasteiger partial charge < -0.3 is 10.1 Å². The van der Waals surface area contributed by atoms with E-state index in [1.807, 2.05) is 6.07 Å². The van der Waals surface area contributed by atoms with Gasteiger partial charge in [0.2, 0.25) is 10.0 Å². The number of hydrogen-bond acceptors (Lipinski definition) is 5. The standard InChI is InChI=1S/C17H23N3O4S/c1-17(2,3)24-16(21)19-14-7-9-20(10-8-14)25(22,23)15-6-4-5-13(11-15)12-18/h4-6,11,14H,7-10H2,1-3H3,(H,19,21). The second-order valence-corrected chi connectivity index (χ2v) is 8.90. The molecule has 1 aliphatic rings. The van der Waals surface area contributed by atoms with Crippen LogP contribution in [0.5, 0.6) is 0 Å². The van der Waals surface area contributed by atoms with Gasteiger partial charge in [-0.1, -0.05) is 6.07 Å². The smallest absolute Gasteiger partial charge is 0.407 e. The van der Waals surface area contributed by atoms with E-state index in [2.05, 4.69) is 5.32 Å². The van der Waals surface area contributed by atoms with Gasteiger partial charge in [0.15, 0.2) is 0 Å². The first-order valence-corrected chi connectivity index (χ1v) is 9.56. The van der Waals surface area contributed by atoms with Crippen molar-refractivity contribution in [1.82, 2.24) is 9.62 Å². The number of benzene rings is 1. The Bertz CT molecular complexity index is 770. The van der Waals surface area contributed by atoms with Gasteiger partial charge in [-0.15, -0.1) is 0 Å². The molecule has 0 bridgehead atoms. The number of nitrogens with one attached hydrogen (secondary N) is 1. The molecule has 0 unspecified atom stereocenters. The minimum Gasteiger partial charge on any atom is -0.444 e. The fourth-order valence-electron chi connectivity index (χ4n) is 2.59. The summed E-state index contributed by atoms with van der Waals surface area (Å²) in [5.74, 6) is 0. The zero-order chi connectivity index (χ0) is 18.7. The highest BCUT2D eigenvalue weighted by molar-refractivity contribution is 7.89. The van der Waals surface area contributed by atoms with Gasteiger partial charge in [0, 0.05) is 19.1 Å². The third-order valence-electron chi connectivity index (χ3n) is 3.78. The zero-order valence-electron chi connectivity index (χ0n) is 14.7. The third-order valence-corrected chi connectivity index (χ3v) is 5.67. The molecule has 0 aromatic heterocycles.